The smallest absolute Gasteiger partial charge is 0.407 e. The number of ether oxygens (including phenoxy) is 1. The molecule has 2 fully saturated rings. The first-order valence-electron chi connectivity index (χ1n) is 20.2. The third-order valence-electron chi connectivity index (χ3n) is 11.5. The number of ketones is 1. The maximum Gasteiger partial charge on any atom is 0.407 e. The zero-order valence-electron chi connectivity index (χ0n) is 33.9. The number of nitrogens with one attached hydrogen (secondary N) is 4. The van der Waals surface area contributed by atoms with E-state index >= 15 is 0 Å². The molecule has 2 aliphatic rings. The van der Waals surface area contributed by atoms with E-state index in [1.54, 1.807) is 41.6 Å². The highest BCUT2D eigenvalue weighted by atomic mass is 16.5. The van der Waals surface area contributed by atoms with Gasteiger partial charge in [-0.25, -0.2) is 19.6 Å². The van der Waals surface area contributed by atoms with Crippen molar-refractivity contribution in [2.45, 2.75) is 57.3 Å². The van der Waals surface area contributed by atoms with E-state index < -0.39 is 36.2 Å². The van der Waals surface area contributed by atoms with Crippen LogP contribution in [0.2, 0.25) is 0 Å². The molecule has 8 rings (SSSR count). The number of fused-ring (bicyclic) bond motifs is 1. The number of carbonyl (C=O) groups is 5. The highest BCUT2D eigenvalue weighted by Crippen LogP contribution is 2.36. The van der Waals surface area contributed by atoms with Crippen molar-refractivity contribution in [2.24, 2.45) is 5.92 Å². The van der Waals surface area contributed by atoms with Crippen LogP contribution in [0, 0.1) is 5.92 Å². The van der Waals surface area contributed by atoms with Crippen molar-refractivity contribution in [3.8, 4) is 33.6 Å². The van der Waals surface area contributed by atoms with E-state index in [4.69, 9.17) is 4.74 Å². The number of benzene rings is 4. The number of carboxylic acid groups (broad SMARTS) is 1. The van der Waals surface area contributed by atoms with Crippen LogP contribution in [0.4, 0.5) is 9.59 Å². The molecule has 4 heterocycles. The molecule has 0 saturated carbocycles. The highest BCUT2D eigenvalue weighted by Gasteiger charge is 2.41. The number of hydrogen-bond donors (Lipinski definition) is 5. The molecule has 15 nitrogen and oxygen atoms in total. The summed E-state index contributed by atoms with van der Waals surface area (Å²) in [4.78, 5) is 82.9. The Balaban J connectivity index is 0.955. The quantitative estimate of drug-likeness (QED) is 0.0897. The van der Waals surface area contributed by atoms with Crippen molar-refractivity contribution < 1.29 is 33.8 Å². The molecule has 6 aromatic rings. The van der Waals surface area contributed by atoms with Gasteiger partial charge in [0.05, 0.1) is 49.5 Å². The molecule has 15 heteroatoms. The number of alkyl carbamates (subject to hydrolysis) is 1. The minimum absolute atomic E-state index is 0.0969. The summed E-state index contributed by atoms with van der Waals surface area (Å²) >= 11 is 0. The van der Waals surface area contributed by atoms with Gasteiger partial charge in [-0.2, -0.15) is 0 Å². The van der Waals surface area contributed by atoms with Gasteiger partial charge >= 0.3 is 12.2 Å². The molecule has 4 unspecified atom stereocenters. The van der Waals surface area contributed by atoms with Crippen molar-refractivity contribution >= 4 is 40.6 Å². The van der Waals surface area contributed by atoms with Gasteiger partial charge in [0.1, 0.15) is 23.7 Å². The molecule has 4 amide bonds. The first-order chi connectivity index (χ1) is 29.5. The summed E-state index contributed by atoms with van der Waals surface area (Å²) in [6, 6.07) is 26.6. The summed E-state index contributed by atoms with van der Waals surface area (Å²) in [6.07, 6.45) is 3.13. The fourth-order valence-corrected chi connectivity index (χ4v) is 8.32. The molecule has 4 aromatic carbocycles. The Morgan fingerprint density at radius 3 is 2.02 bits per heavy atom. The minimum atomic E-state index is -1.22. The molecule has 2 aromatic heterocycles. The Hall–Kier alpha value is -7.29. The van der Waals surface area contributed by atoms with Gasteiger partial charge in [0.15, 0.2) is 5.78 Å². The maximum atomic E-state index is 13.9. The van der Waals surface area contributed by atoms with Gasteiger partial charge in [-0.1, -0.05) is 92.7 Å². The van der Waals surface area contributed by atoms with Crippen LogP contribution in [-0.2, 0) is 19.1 Å². The third kappa shape index (κ3) is 8.44. The van der Waals surface area contributed by atoms with E-state index in [1.165, 1.54) is 12.0 Å². The van der Waals surface area contributed by atoms with Crippen LogP contribution in [0.3, 0.4) is 0 Å². The van der Waals surface area contributed by atoms with Gasteiger partial charge in [0, 0.05) is 18.5 Å². The number of aromatic nitrogens is 4. The lowest BCUT2D eigenvalue weighted by Crippen LogP contribution is -2.50. The highest BCUT2D eigenvalue weighted by molar-refractivity contribution is 5.94. The maximum absolute atomic E-state index is 13.9. The molecule has 0 spiro atoms. The predicted molar refractivity (Wildman–Crippen MR) is 227 cm³/mol. The molecule has 2 aliphatic heterocycles. The Morgan fingerprint density at radius 2 is 1.36 bits per heavy atom. The monoisotopic (exact) mass is 822 g/mol. The summed E-state index contributed by atoms with van der Waals surface area (Å²) in [5.74, 6) is 0.168. The van der Waals surface area contributed by atoms with Crippen LogP contribution in [0.1, 0.15) is 68.4 Å². The average Bonchev–Trinajstić information content (AvgIpc) is 4.11. The van der Waals surface area contributed by atoms with Gasteiger partial charge in [-0.05, 0) is 63.9 Å². The van der Waals surface area contributed by atoms with Crippen molar-refractivity contribution in [3.05, 3.63) is 121 Å². The topological polar surface area (TPSA) is 203 Å². The van der Waals surface area contributed by atoms with Gasteiger partial charge in [-0.15, -0.1) is 0 Å². The summed E-state index contributed by atoms with van der Waals surface area (Å²) in [6.45, 7) is 4.09. The average molecular weight is 823 g/mol. The molecular weight excluding hydrogens is 777 g/mol. The number of methoxy groups -OCH3 is 1. The fraction of sp³-hybridized carbons (Fsp3) is 0.283. The number of carbonyl (C=O) groups excluding carboxylic acids is 4. The van der Waals surface area contributed by atoms with Gasteiger partial charge in [0.25, 0.3) is 5.91 Å². The molecule has 61 heavy (non-hydrogen) atoms. The molecule has 312 valence electrons. The van der Waals surface area contributed by atoms with E-state index in [2.05, 4.69) is 60.9 Å². The van der Waals surface area contributed by atoms with E-state index in [1.807, 2.05) is 50.2 Å². The van der Waals surface area contributed by atoms with Crippen molar-refractivity contribution in [3.63, 3.8) is 0 Å². The summed E-state index contributed by atoms with van der Waals surface area (Å²) < 4.78 is 4.78. The van der Waals surface area contributed by atoms with E-state index in [0.717, 1.165) is 57.3 Å². The number of imidazole rings is 2. The Kier molecular flexibility index (Phi) is 11.4. The molecule has 4 atom stereocenters. The van der Waals surface area contributed by atoms with E-state index in [0.29, 0.717) is 23.8 Å². The molecule has 5 N–H and O–H groups in total. The first kappa shape index (κ1) is 40.5. The molecule has 0 aliphatic carbocycles. The molecule has 0 bridgehead atoms. The zero-order valence-corrected chi connectivity index (χ0v) is 33.9. The van der Waals surface area contributed by atoms with Crippen LogP contribution in [0.5, 0.6) is 0 Å². The Labute approximate surface area is 351 Å². The van der Waals surface area contributed by atoms with Crippen molar-refractivity contribution in [2.75, 3.05) is 20.2 Å². The number of likely N-dealkylation sites (tertiary alicyclic amines) is 2. The minimum Gasteiger partial charge on any atom is -0.465 e. The largest absolute Gasteiger partial charge is 0.465 e. The molecule has 2 saturated heterocycles. The van der Waals surface area contributed by atoms with Crippen molar-refractivity contribution in [1.82, 2.24) is 40.4 Å². The normalized spacial score (nSPS) is 17.4. The van der Waals surface area contributed by atoms with Crippen LogP contribution >= 0.6 is 0 Å². The number of nitrogens with zero attached hydrogens (tertiary/aromatic N) is 4. The second-order valence-corrected chi connectivity index (χ2v) is 15.8. The second-order valence-electron chi connectivity index (χ2n) is 15.8. The lowest BCUT2D eigenvalue weighted by Gasteiger charge is -2.29. The Bertz CT molecular complexity index is 2600. The van der Waals surface area contributed by atoms with Crippen LogP contribution in [0.25, 0.3) is 44.4 Å². The fourth-order valence-electron chi connectivity index (χ4n) is 8.32. The number of aromatic amines is 2. The lowest BCUT2D eigenvalue weighted by atomic mass is 9.98. The number of hydrogen-bond acceptors (Lipinski definition) is 8. The first-order valence-corrected chi connectivity index (χ1v) is 20.2. The zero-order chi connectivity index (χ0) is 42.8. The molecular formula is C46H46N8O7. The standard InChI is InChI=1S/C46H46N8O7/c1-26(2)39(51-45(58)59)43(56)53-19-7-10-37(53)41-47-24-36(50-41)33-18-17-31-20-30(15-16-32(31)21-33)27-11-13-28(14-12-27)35-23-48-42(49-35)38-22-34(55)25-54(38)44(57)40(52-46(60)61-3)29-8-5-4-6-9-29/h4-6,8-9,11-18,20-21,23-24,26,37-40,51H,7,10,19,22,25H2,1-3H3,(H,47,50)(H,48,49)(H,52,60)(H,58,59). The number of H-pyrrole nitrogens is 2. The predicted octanol–water partition coefficient (Wildman–Crippen LogP) is 7.18. The van der Waals surface area contributed by atoms with Gasteiger partial charge in [0.2, 0.25) is 5.91 Å². The summed E-state index contributed by atoms with van der Waals surface area (Å²) in [5, 5.41) is 16.4. The van der Waals surface area contributed by atoms with E-state index in [-0.39, 0.29) is 36.6 Å². The van der Waals surface area contributed by atoms with Crippen LogP contribution < -0.4 is 10.6 Å². The van der Waals surface area contributed by atoms with Crippen molar-refractivity contribution in [1.29, 1.82) is 0 Å². The number of Topliss-reactive ketones (excluding diaryl/α,β-unsaturated/α-hetero) is 1. The molecule has 0 radical (unpaired) electrons. The SMILES string of the molecule is COC(=O)NC(C(=O)N1CC(=O)CC1c1ncc(-c2ccc(-c3ccc4cc(-c5cnc(C6CCCN6C(=O)C(NC(=O)O)C(C)C)[nH]5)ccc4c3)cc2)[nH]1)c1ccccc1. The van der Waals surface area contributed by atoms with Gasteiger partial charge in [-0.3, -0.25) is 14.4 Å². The Morgan fingerprint density at radius 1 is 0.754 bits per heavy atom. The number of rotatable bonds is 11. The van der Waals surface area contributed by atoms with Gasteiger partial charge < -0.3 is 40.2 Å². The summed E-state index contributed by atoms with van der Waals surface area (Å²) in [7, 11) is 1.23. The third-order valence-corrected chi connectivity index (χ3v) is 11.5. The number of amides is 4. The summed E-state index contributed by atoms with van der Waals surface area (Å²) in [5.41, 5.74) is 6.01. The lowest BCUT2D eigenvalue weighted by molar-refractivity contribution is -0.136. The second kappa shape index (κ2) is 17.1. The van der Waals surface area contributed by atoms with Crippen LogP contribution in [0.15, 0.2) is 103 Å². The van der Waals surface area contributed by atoms with E-state index in [9.17, 15) is 29.1 Å². The van der Waals surface area contributed by atoms with Crippen LogP contribution in [-0.4, -0.2) is 90.9 Å².